The third-order valence-electron chi connectivity index (χ3n) is 3.80. The summed E-state index contributed by atoms with van der Waals surface area (Å²) < 4.78 is 47.7. The Kier molecular flexibility index (Phi) is 5.60. The lowest BCUT2D eigenvalue weighted by molar-refractivity contribution is -0.133. The van der Waals surface area contributed by atoms with Gasteiger partial charge < -0.3 is 20.5 Å². The highest BCUT2D eigenvalue weighted by Crippen LogP contribution is 2.32. The van der Waals surface area contributed by atoms with Crippen molar-refractivity contribution in [2.45, 2.75) is 13.5 Å². The van der Waals surface area contributed by atoms with Crippen molar-refractivity contribution in [1.29, 1.82) is 0 Å². The van der Waals surface area contributed by atoms with Crippen LogP contribution >= 0.6 is 0 Å². The van der Waals surface area contributed by atoms with Crippen LogP contribution in [0.4, 0.5) is 30.4 Å². The van der Waals surface area contributed by atoms with Gasteiger partial charge in [-0.25, -0.2) is 14.4 Å². The number of hydrogen-bond acceptors (Lipinski definition) is 6. The average Bonchev–Trinajstić information content (AvgIpc) is 2.63. The fraction of sp³-hybridized carbons (Fsp3) is 0.222. The van der Waals surface area contributed by atoms with Crippen molar-refractivity contribution >= 4 is 28.1 Å². The molecule has 9 heteroatoms. The molecule has 3 N–H and O–H groups in total. The Balaban J connectivity index is 1.86. The van der Waals surface area contributed by atoms with E-state index in [1.54, 1.807) is 37.3 Å². The van der Waals surface area contributed by atoms with E-state index in [2.05, 4.69) is 20.0 Å². The standard InChI is InChI=1S/C18H17F3N4O2/c1-10-3-2-4-13(16(10)19)25-17-11-7-12(22)15(8-14(11)23-9-24-17)26-5-6-27-18(20)21/h2-4,7-9,18H,5-6,22H2,1H3,(H,23,24,25). The van der Waals surface area contributed by atoms with Crippen LogP contribution in [-0.2, 0) is 4.74 Å². The molecular weight excluding hydrogens is 361 g/mol. The number of hydrogen-bond donors (Lipinski definition) is 2. The molecule has 0 unspecified atom stereocenters. The molecule has 2 aromatic carbocycles. The third kappa shape index (κ3) is 4.37. The lowest BCUT2D eigenvalue weighted by Gasteiger charge is -2.13. The smallest absolute Gasteiger partial charge is 0.345 e. The number of halogens is 3. The maximum absolute atomic E-state index is 14.2. The van der Waals surface area contributed by atoms with Crippen LogP contribution in [-0.4, -0.2) is 29.8 Å². The molecule has 0 saturated carbocycles. The highest BCUT2D eigenvalue weighted by molar-refractivity contribution is 5.94. The normalized spacial score (nSPS) is 11.1. The summed E-state index contributed by atoms with van der Waals surface area (Å²) in [6, 6.07) is 8.13. The monoisotopic (exact) mass is 378 g/mol. The van der Waals surface area contributed by atoms with Gasteiger partial charge in [0.1, 0.15) is 30.3 Å². The van der Waals surface area contributed by atoms with Crippen molar-refractivity contribution in [1.82, 2.24) is 9.97 Å². The van der Waals surface area contributed by atoms with Crippen LogP contribution in [0.2, 0.25) is 0 Å². The maximum Gasteiger partial charge on any atom is 0.345 e. The van der Waals surface area contributed by atoms with Crippen molar-refractivity contribution < 1.29 is 22.6 Å². The summed E-state index contributed by atoms with van der Waals surface area (Å²) in [6.07, 6.45) is 1.32. The third-order valence-corrected chi connectivity index (χ3v) is 3.80. The van der Waals surface area contributed by atoms with Gasteiger partial charge in [-0.05, 0) is 24.6 Å². The summed E-state index contributed by atoms with van der Waals surface area (Å²) >= 11 is 0. The van der Waals surface area contributed by atoms with Gasteiger partial charge in [-0.2, -0.15) is 8.78 Å². The topological polar surface area (TPSA) is 82.3 Å². The first-order chi connectivity index (χ1) is 13.0. The van der Waals surface area contributed by atoms with Gasteiger partial charge in [0.25, 0.3) is 0 Å². The van der Waals surface area contributed by atoms with Gasteiger partial charge in [0.2, 0.25) is 0 Å². The molecule has 0 aliphatic rings. The second-order valence-corrected chi connectivity index (χ2v) is 5.67. The minimum Gasteiger partial charge on any atom is -0.489 e. The number of aryl methyl sites for hydroxylation is 1. The largest absolute Gasteiger partial charge is 0.489 e. The van der Waals surface area contributed by atoms with Crippen LogP contribution in [0.1, 0.15) is 5.56 Å². The molecule has 3 rings (SSSR count). The summed E-state index contributed by atoms with van der Waals surface area (Å²) in [7, 11) is 0. The van der Waals surface area contributed by atoms with E-state index in [4.69, 9.17) is 10.5 Å². The zero-order valence-electron chi connectivity index (χ0n) is 14.4. The number of aromatic nitrogens is 2. The molecule has 0 saturated heterocycles. The Bertz CT molecular complexity index is 953. The van der Waals surface area contributed by atoms with Gasteiger partial charge in [0.15, 0.2) is 0 Å². The average molecular weight is 378 g/mol. The number of anilines is 3. The minimum atomic E-state index is -2.86. The second kappa shape index (κ2) is 8.09. The first-order valence-electron chi connectivity index (χ1n) is 8.04. The van der Waals surface area contributed by atoms with E-state index >= 15 is 0 Å². The number of nitrogens with two attached hydrogens (primary N) is 1. The first kappa shape index (κ1) is 18.7. The van der Waals surface area contributed by atoms with E-state index < -0.39 is 6.61 Å². The number of benzene rings is 2. The number of nitrogen functional groups attached to an aromatic ring is 1. The Morgan fingerprint density at radius 1 is 1.19 bits per heavy atom. The van der Waals surface area contributed by atoms with Crippen LogP contribution in [0.15, 0.2) is 36.7 Å². The SMILES string of the molecule is Cc1cccc(Nc2ncnc3cc(OCCOC(F)F)c(N)cc23)c1F. The fourth-order valence-corrected chi connectivity index (χ4v) is 2.49. The number of nitrogens with one attached hydrogen (secondary N) is 1. The zero-order valence-corrected chi connectivity index (χ0v) is 14.4. The number of rotatable bonds is 7. The lowest BCUT2D eigenvalue weighted by Crippen LogP contribution is -2.10. The summed E-state index contributed by atoms with van der Waals surface area (Å²) in [4.78, 5) is 8.30. The number of ether oxygens (including phenoxy) is 2. The van der Waals surface area contributed by atoms with Gasteiger partial charge in [-0.1, -0.05) is 12.1 Å². The molecule has 3 aromatic rings. The van der Waals surface area contributed by atoms with Gasteiger partial charge in [0, 0.05) is 11.5 Å². The van der Waals surface area contributed by atoms with E-state index in [1.165, 1.54) is 6.33 Å². The number of fused-ring (bicyclic) bond motifs is 1. The van der Waals surface area contributed by atoms with Crippen molar-refractivity contribution in [2.75, 3.05) is 24.3 Å². The second-order valence-electron chi connectivity index (χ2n) is 5.67. The Morgan fingerprint density at radius 3 is 2.78 bits per heavy atom. The van der Waals surface area contributed by atoms with Crippen molar-refractivity contribution in [3.8, 4) is 5.75 Å². The molecule has 1 heterocycles. The minimum absolute atomic E-state index is 0.0925. The van der Waals surface area contributed by atoms with Crippen LogP contribution in [0.25, 0.3) is 10.9 Å². The maximum atomic E-state index is 14.2. The summed E-state index contributed by atoms with van der Waals surface area (Å²) in [5.41, 5.74) is 7.51. The van der Waals surface area contributed by atoms with E-state index in [0.717, 1.165) is 0 Å². The first-order valence-corrected chi connectivity index (χ1v) is 8.04. The van der Waals surface area contributed by atoms with Crippen LogP contribution < -0.4 is 15.8 Å². The Hall–Kier alpha value is -3.07. The quantitative estimate of drug-likeness (QED) is 0.477. The Labute approximate surface area is 153 Å². The Morgan fingerprint density at radius 2 is 2.00 bits per heavy atom. The zero-order chi connectivity index (χ0) is 19.4. The molecule has 0 atom stereocenters. The molecule has 27 heavy (non-hydrogen) atoms. The van der Waals surface area contributed by atoms with Crippen LogP contribution in [0.5, 0.6) is 5.75 Å². The molecule has 1 aromatic heterocycles. The molecule has 0 amide bonds. The summed E-state index contributed by atoms with van der Waals surface area (Å²) in [5.74, 6) is 0.284. The molecule has 0 bridgehead atoms. The molecule has 0 spiro atoms. The van der Waals surface area contributed by atoms with E-state index in [1.807, 2.05) is 0 Å². The molecule has 0 aliphatic carbocycles. The molecular formula is C18H17F3N4O2. The number of alkyl halides is 2. The summed E-state index contributed by atoms with van der Waals surface area (Å²) in [6.45, 7) is -1.56. The summed E-state index contributed by atoms with van der Waals surface area (Å²) in [5, 5.41) is 3.50. The molecule has 0 aliphatic heterocycles. The molecule has 0 radical (unpaired) electrons. The van der Waals surface area contributed by atoms with E-state index in [-0.39, 0.29) is 36.2 Å². The van der Waals surface area contributed by atoms with Crippen LogP contribution in [0.3, 0.4) is 0 Å². The van der Waals surface area contributed by atoms with Crippen molar-refractivity contribution in [3.05, 3.63) is 48.0 Å². The van der Waals surface area contributed by atoms with Gasteiger partial charge in [-0.15, -0.1) is 0 Å². The predicted molar refractivity (Wildman–Crippen MR) is 95.8 cm³/mol. The number of nitrogens with zero attached hydrogens (tertiary/aromatic N) is 2. The molecule has 0 fully saturated rings. The predicted octanol–water partition coefficient (Wildman–Crippen LogP) is 4.02. The van der Waals surface area contributed by atoms with E-state index in [9.17, 15) is 13.2 Å². The van der Waals surface area contributed by atoms with Gasteiger partial charge in [-0.3, -0.25) is 0 Å². The molecule has 142 valence electrons. The van der Waals surface area contributed by atoms with Crippen LogP contribution in [0, 0.1) is 12.7 Å². The highest BCUT2D eigenvalue weighted by Gasteiger charge is 2.12. The van der Waals surface area contributed by atoms with Crippen molar-refractivity contribution in [3.63, 3.8) is 0 Å². The highest BCUT2D eigenvalue weighted by atomic mass is 19.3. The van der Waals surface area contributed by atoms with Gasteiger partial charge >= 0.3 is 6.61 Å². The lowest BCUT2D eigenvalue weighted by atomic mass is 10.1. The van der Waals surface area contributed by atoms with E-state index in [0.29, 0.717) is 22.3 Å². The van der Waals surface area contributed by atoms with Gasteiger partial charge in [0.05, 0.1) is 23.5 Å². The fourth-order valence-electron chi connectivity index (χ4n) is 2.49. The van der Waals surface area contributed by atoms with Crippen molar-refractivity contribution in [2.24, 2.45) is 0 Å². The molecule has 6 nitrogen and oxygen atoms in total.